The summed E-state index contributed by atoms with van der Waals surface area (Å²) in [5.41, 5.74) is 0.631. The Balaban J connectivity index is 0.00000242. The van der Waals surface area contributed by atoms with Gasteiger partial charge in [-0.25, -0.2) is 0 Å². The van der Waals surface area contributed by atoms with Crippen molar-refractivity contribution in [2.75, 3.05) is 13.1 Å². The van der Waals surface area contributed by atoms with Crippen LogP contribution in [0.5, 0.6) is 0 Å². The Kier molecular flexibility index (Phi) is 9.65. The quantitative estimate of drug-likeness (QED) is 0.651. The van der Waals surface area contributed by atoms with Gasteiger partial charge in [0.15, 0.2) is 0 Å². The van der Waals surface area contributed by atoms with Gasteiger partial charge in [-0.15, -0.1) is 0 Å². The zero-order valence-electron chi connectivity index (χ0n) is 13.4. The summed E-state index contributed by atoms with van der Waals surface area (Å²) in [6.07, 6.45) is 1.13. The molecular formula is C16H22NNaO5. The molecule has 1 aliphatic rings. The first-order chi connectivity index (χ1) is 9.99. The fourth-order valence-corrected chi connectivity index (χ4v) is 3.08. The van der Waals surface area contributed by atoms with E-state index in [0.29, 0.717) is 12.8 Å². The number of carboxylic acids is 2. The molecular weight excluding hydrogens is 309 g/mol. The van der Waals surface area contributed by atoms with E-state index in [-0.39, 0.29) is 47.9 Å². The first-order valence-electron chi connectivity index (χ1n) is 7.19. The number of hydrogen-bond acceptors (Lipinski definition) is 4. The van der Waals surface area contributed by atoms with Crippen molar-refractivity contribution in [3.8, 4) is 0 Å². The van der Waals surface area contributed by atoms with Crippen LogP contribution in [0, 0.1) is 5.41 Å². The van der Waals surface area contributed by atoms with E-state index in [4.69, 9.17) is 10.2 Å². The summed E-state index contributed by atoms with van der Waals surface area (Å²) in [6, 6.07) is 10.1. The zero-order chi connectivity index (χ0) is 15.3. The smallest absolute Gasteiger partial charge is 0.870 e. The van der Waals surface area contributed by atoms with Gasteiger partial charge >= 0.3 is 41.5 Å². The number of carbonyl (C=O) groups is 2. The molecule has 1 aromatic rings. The molecule has 1 aliphatic heterocycles. The Labute approximate surface area is 158 Å². The van der Waals surface area contributed by atoms with Crippen molar-refractivity contribution in [3.63, 3.8) is 0 Å². The zero-order valence-corrected chi connectivity index (χ0v) is 15.4. The topological polar surface area (TPSA) is 108 Å². The number of piperidine rings is 1. The van der Waals surface area contributed by atoms with Crippen molar-refractivity contribution in [3.05, 3.63) is 35.9 Å². The molecule has 0 spiro atoms. The van der Waals surface area contributed by atoms with E-state index in [9.17, 15) is 9.59 Å². The molecule has 6 nitrogen and oxygen atoms in total. The third-order valence-electron chi connectivity index (χ3n) is 4.22. The van der Waals surface area contributed by atoms with Crippen molar-refractivity contribution in [1.82, 2.24) is 4.90 Å². The van der Waals surface area contributed by atoms with Gasteiger partial charge in [0.2, 0.25) is 0 Å². The van der Waals surface area contributed by atoms with Crippen LogP contribution >= 0.6 is 0 Å². The third-order valence-corrected chi connectivity index (χ3v) is 4.22. The predicted octanol–water partition coefficient (Wildman–Crippen LogP) is -0.955. The molecule has 7 heteroatoms. The molecule has 1 fully saturated rings. The van der Waals surface area contributed by atoms with Gasteiger partial charge in [0, 0.05) is 6.54 Å². The summed E-state index contributed by atoms with van der Waals surface area (Å²) in [7, 11) is 0. The van der Waals surface area contributed by atoms with Crippen LogP contribution in [0.3, 0.4) is 0 Å². The summed E-state index contributed by atoms with van der Waals surface area (Å²) < 4.78 is 0. The Morgan fingerprint density at radius 2 is 1.48 bits per heavy atom. The minimum atomic E-state index is -0.909. The molecule has 0 aromatic heterocycles. The van der Waals surface area contributed by atoms with Crippen molar-refractivity contribution in [2.45, 2.75) is 32.2 Å². The van der Waals surface area contributed by atoms with Crippen LogP contribution in [0.1, 0.15) is 31.2 Å². The molecule has 0 amide bonds. The van der Waals surface area contributed by atoms with Crippen LogP contribution in [0.4, 0.5) is 0 Å². The molecule has 1 saturated heterocycles. The third kappa shape index (κ3) is 7.01. The minimum absolute atomic E-state index is 0. The Morgan fingerprint density at radius 1 is 1.00 bits per heavy atom. The summed E-state index contributed by atoms with van der Waals surface area (Å²) >= 11 is 0. The van der Waals surface area contributed by atoms with Gasteiger partial charge in [0.05, 0.1) is 12.8 Å². The fourth-order valence-electron chi connectivity index (χ4n) is 3.08. The molecule has 0 saturated carbocycles. The molecule has 122 valence electrons. The van der Waals surface area contributed by atoms with Gasteiger partial charge < -0.3 is 15.7 Å². The van der Waals surface area contributed by atoms with E-state index in [1.54, 1.807) is 0 Å². The second kappa shape index (κ2) is 10.1. The maximum atomic E-state index is 11.0. The normalized spacial score (nSPS) is 16.7. The first-order valence-corrected chi connectivity index (χ1v) is 7.19. The van der Waals surface area contributed by atoms with E-state index >= 15 is 0 Å². The number of hydrogen-bond donors (Lipinski definition) is 2. The fraction of sp³-hybridized carbons (Fsp3) is 0.500. The van der Waals surface area contributed by atoms with E-state index in [1.165, 1.54) is 5.56 Å². The predicted molar refractivity (Wildman–Crippen MR) is 79.8 cm³/mol. The Morgan fingerprint density at radius 3 is 1.91 bits per heavy atom. The largest absolute Gasteiger partial charge is 1.00 e. The van der Waals surface area contributed by atoms with E-state index < -0.39 is 17.4 Å². The molecule has 0 bridgehead atoms. The van der Waals surface area contributed by atoms with Gasteiger partial charge in [-0.05, 0) is 36.9 Å². The van der Waals surface area contributed by atoms with Crippen LogP contribution in [0.15, 0.2) is 30.3 Å². The van der Waals surface area contributed by atoms with Gasteiger partial charge in [-0.1, -0.05) is 30.3 Å². The van der Waals surface area contributed by atoms with Crippen LogP contribution in [0.25, 0.3) is 0 Å². The molecule has 1 heterocycles. The molecule has 23 heavy (non-hydrogen) atoms. The molecule has 0 radical (unpaired) electrons. The number of rotatable bonds is 6. The summed E-state index contributed by atoms with van der Waals surface area (Å²) in [4.78, 5) is 24.3. The monoisotopic (exact) mass is 331 g/mol. The maximum absolute atomic E-state index is 11.0. The summed E-state index contributed by atoms with van der Waals surface area (Å²) in [5.74, 6) is -1.82. The number of nitrogens with zero attached hydrogens (tertiary/aromatic N) is 1. The Bertz CT molecular complexity index is 482. The SMILES string of the molecule is O=C(O)CC1(CC(=O)O)CCN(Cc2ccccc2)CC1.[Na+].[OH-]. The van der Waals surface area contributed by atoms with Crippen molar-refractivity contribution in [1.29, 1.82) is 0 Å². The summed E-state index contributed by atoms with van der Waals surface area (Å²) in [6.45, 7) is 2.32. The Hall–Kier alpha value is -0.920. The van der Waals surface area contributed by atoms with Gasteiger partial charge in [0.1, 0.15) is 0 Å². The van der Waals surface area contributed by atoms with E-state index in [0.717, 1.165) is 19.6 Å². The van der Waals surface area contributed by atoms with E-state index in [1.807, 2.05) is 18.2 Å². The summed E-state index contributed by atoms with van der Waals surface area (Å²) in [5, 5.41) is 18.1. The number of carboxylic acid groups (broad SMARTS) is 2. The number of likely N-dealkylation sites (tertiary alicyclic amines) is 1. The molecule has 0 unspecified atom stereocenters. The number of aliphatic carboxylic acids is 2. The molecule has 0 atom stereocenters. The van der Waals surface area contributed by atoms with Gasteiger partial charge in [0.25, 0.3) is 0 Å². The van der Waals surface area contributed by atoms with Crippen molar-refractivity contribution < 1.29 is 54.8 Å². The van der Waals surface area contributed by atoms with E-state index in [2.05, 4.69) is 17.0 Å². The standard InChI is InChI=1S/C16H21NO4.Na.H2O/c18-14(19)10-16(11-15(20)21)6-8-17(9-7-16)12-13-4-2-1-3-5-13;;/h1-5H,6-12H2,(H,18,19)(H,20,21);;1H2/q;+1;/p-1. The second-order valence-electron chi connectivity index (χ2n) is 5.90. The average Bonchev–Trinajstić information content (AvgIpc) is 2.41. The second-order valence-corrected chi connectivity index (χ2v) is 5.90. The molecule has 1 aromatic carbocycles. The van der Waals surface area contributed by atoms with Gasteiger partial charge in [-0.3, -0.25) is 14.5 Å². The van der Waals surface area contributed by atoms with Crippen molar-refractivity contribution >= 4 is 11.9 Å². The molecule has 0 aliphatic carbocycles. The van der Waals surface area contributed by atoms with Crippen LogP contribution < -0.4 is 29.6 Å². The maximum Gasteiger partial charge on any atom is 1.00 e. The van der Waals surface area contributed by atoms with Crippen molar-refractivity contribution in [2.24, 2.45) is 5.41 Å². The van der Waals surface area contributed by atoms with Gasteiger partial charge in [-0.2, -0.15) is 0 Å². The first kappa shape index (κ1) is 22.1. The molecule has 2 rings (SSSR count). The number of benzene rings is 1. The van der Waals surface area contributed by atoms with Crippen LogP contribution in [0.2, 0.25) is 0 Å². The minimum Gasteiger partial charge on any atom is -0.870 e. The van der Waals surface area contributed by atoms with Crippen LogP contribution in [-0.2, 0) is 16.1 Å². The average molecular weight is 331 g/mol. The van der Waals surface area contributed by atoms with Crippen LogP contribution in [-0.4, -0.2) is 45.6 Å². The molecule has 3 N–H and O–H groups in total.